The fraction of sp³-hybridized carbons (Fsp3) is 0.750. The summed E-state index contributed by atoms with van der Waals surface area (Å²) in [5, 5.41) is 3.36. The average molecular weight is 208 g/mol. The van der Waals surface area contributed by atoms with E-state index in [1.165, 1.54) is 6.42 Å². The fourth-order valence-corrected chi connectivity index (χ4v) is 1.89. The van der Waals surface area contributed by atoms with Gasteiger partial charge in [0.2, 0.25) is 0 Å². The Morgan fingerprint density at radius 3 is 2.87 bits per heavy atom. The normalized spacial score (nSPS) is 22.2. The maximum absolute atomic E-state index is 5.77. The topological polar surface area (TPSA) is 38.1 Å². The molecule has 3 heteroatoms. The van der Waals surface area contributed by atoms with Gasteiger partial charge >= 0.3 is 0 Å². The Kier molecular flexibility index (Phi) is 2.83. The van der Waals surface area contributed by atoms with Crippen molar-refractivity contribution in [3.63, 3.8) is 0 Å². The van der Waals surface area contributed by atoms with Crippen molar-refractivity contribution >= 4 is 0 Å². The van der Waals surface area contributed by atoms with Crippen LogP contribution >= 0.6 is 0 Å². The van der Waals surface area contributed by atoms with Crippen LogP contribution in [0.4, 0.5) is 0 Å². The number of oxazole rings is 1. The van der Waals surface area contributed by atoms with Crippen molar-refractivity contribution < 1.29 is 4.42 Å². The predicted octanol–water partition coefficient (Wildman–Crippen LogP) is 2.12. The van der Waals surface area contributed by atoms with Crippen LogP contribution in [0.1, 0.15) is 38.8 Å². The molecule has 1 saturated heterocycles. The third-order valence-electron chi connectivity index (χ3n) is 2.92. The van der Waals surface area contributed by atoms with E-state index in [-0.39, 0.29) is 5.41 Å². The summed E-state index contributed by atoms with van der Waals surface area (Å²) in [5.74, 6) is 2.59. The van der Waals surface area contributed by atoms with E-state index in [1.807, 2.05) is 6.20 Å². The number of rotatable bonds is 2. The van der Waals surface area contributed by atoms with Crippen LogP contribution in [0.25, 0.3) is 0 Å². The van der Waals surface area contributed by atoms with Gasteiger partial charge in [-0.15, -0.1) is 0 Å². The summed E-state index contributed by atoms with van der Waals surface area (Å²) in [5.41, 5.74) is 0.0686. The third-order valence-corrected chi connectivity index (χ3v) is 2.92. The minimum atomic E-state index is 0.0686. The van der Waals surface area contributed by atoms with Crippen LogP contribution in [0.3, 0.4) is 0 Å². The Bertz CT molecular complexity index is 319. The van der Waals surface area contributed by atoms with Gasteiger partial charge in [0.05, 0.1) is 6.20 Å². The zero-order valence-corrected chi connectivity index (χ0v) is 9.84. The molecule has 15 heavy (non-hydrogen) atoms. The van der Waals surface area contributed by atoms with E-state index >= 15 is 0 Å². The largest absolute Gasteiger partial charge is 0.445 e. The van der Waals surface area contributed by atoms with Gasteiger partial charge in [0.15, 0.2) is 5.89 Å². The maximum atomic E-state index is 5.77. The molecule has 0 amide bonds. The molecule has 0 spiro atoms. The number of hydrogen-bond acceptors (Lipinski definition) is 3. The van der Waals surface area contributed by atoms with Crippen LogP contribution in [-0.2, 0) is 11.8 Å². The van der Waals surface area contributed by atoms with Crippen LogP contribution in [0.2, 0.25) is 0 Å². The summed E-state index contributed by atoms with van der Waals surface area (Å²) >= 11 is 0. The maximum Gasteiger partial charge on any atom is 0.194 e. The smallest absolute Gasteiger partial charge is 0.194 e. The second-order valence-electron chi connectivity index (χ2n) is 5.43. The molecule has 1 atom stereocenters. The monoisotopic (exact) mass is 208 g/mol. The lowest BCUT2D eigenvalue weighted by molar-refractivity contribution is 0.366. The summed E-state index contributed by atoms with van der Waals surface area (Å²) < 4.78 is 5.77. The number of nitrogens with zero attached hydrogens (tertiary/aromatic N) is 1. The van der Waals surface area contributed by atoms with Crippen molar-refractivity contribution in [2.45, 2.75) is 39.0 Å². The van der Waals surface area contributed by atoms with Gasteiger partial charge < -0.3 is 9.73 Å². The highest BCUT2D eigenvalue weighted by molar-refractivity contribution is 5.06. The number of aromatic nitrogens is 1. The first-order valence-corrected chi connectivity index (χ1v) is 5.71. The molecule has 1 aromatic heterocycles. The molecule has 2 rings (SSSR count). The molecule has 1 N–H and O–H groups in total. The summed E-state index contributed by atoms with van der Waals surface area (Å²) in [6.07, 6.45) is 4.09. The Morgan fingerprint density at radius 1 is 1.53 bits per heavy atom. The molecule has 1 aromatic rings. The van der Waals surface area contributed by atoms with Gasteiger partial charge in [0.1, 0.15) is 5.76 Å². The van der Waals surface area contributed by atoms with Crippen molar-refractivity contribution in [2.24, 2.45) is 5.92 Å². The van der Waals surface area contributed by atoms with E-state index in [1.54, 1.807) is 0 Å². The fourth-order valence-electron chi connectivity index (χ4n) is 1.89. The lowest BCUT2D eigenvalue weighted by Crippen LogP contribution is -2.11. The van der Waals surface area contributed by atoms with E-state index in [0.717, 1.165) is 31.2 Å². The molecule has 2 heterocycles. The highest BCUT2D eigenvalue weighted by Crippen LogP contribution is 2.24. The molecule has 0 saturated carbocycles. The molecule has 84 valence electrons. The first-order valence-electron chi connectivity index (χ1n) is 5.71. The first-order chi connectivity index (χ1) is 7.05. The number of nitrogens with one attached hydrogen (secondary N) is 1. The van der Waals surface area contributed by atoms with Crippen LogP contribution in [-0.4, -0.2) is 18.1 Å². The molecule has 0 radical (unpaired) electrons. The lowest BCUT2D eigenvalue weighted by Gasteiger charge is -2.13. The van der Waals surface area contributed by atoms with Crippen molar-refractivity contribution in [3.8, 4) is 0 Å². The second kappa shape index (κ2) is 3.97. The van der Waals surface area contributed by atoms with Crippen molar-refractivity contribution in [1.82, 2.24) is 10.3 Å². The molecule has 1 fully saturated rings. The van der Waals surface area contributed by atoms with Gasteiger partial charge in [0.25, 0.3) is 0 Å². The molecule has 0 bridgehead atoms. The van der Waals surface area contributed by atoms with Crippen LogP contribution in [0.5, 0.6) is 0 Å². The highest BCUT2D eigenvalue weighted by atomic mass is 16.4. The highest BCUT2D eigenvalue weighted by Gasteiger charge is 2.21. The van der Waals surface area contributed by atoms with Crippen molar-refractivity contribution in [2.75, 3.05) is 13.1 Å². The minimum absolute atomic E-state index is 0.0686. The summed E-state index contributed by atoms with van der Waals surface area (Å²) in [4.78, 5) is 4.35. The van der Waals surface area contributed by atoms with E-state index in [0.29, 0.717) is 5.92 Å². The Balaban J connectivity index is 2.00. The molecule has 1 aliphatic rings. The second-order valence-corrected chi connectivity index (χ2v) is 5.43. The van der Waals surface area contributed by atoms with Gasteiger partial charge in [-0.1, -0.05) is 20.8 Å². The van der Waals surface area contributed by atoms with Crippen LogP contribution in [0, 0.1) is 5.92 Å². The van der Waals surface area contributed by atoms with Crippen molar-refractivity contribution in [3.05, 3.63) is 17.8 Å². The zero-order valence-electron chi connectivity index (χ0n) is 9.84. The van der Waals surface area contributed by atoms with Crippen LogP contribution < -0.4 is 5.32 Å². The van der Waals surface area contributed by atoms with Gasteiger partial charge in [-0.2, -0.15) is 0 Å². The SMILES string of the molecule is CC(C)(C)c1cnc(CC2CCNC2)o1. The average Bonchev–Trinajstić information content (AvgIpc) is 2.73. The Hall–Kier alpha value is -0.830. The Morgan fingerprint density at radius 2 is 2.33 bits per heavy atom. The van der Waals surface area contributed by atoms with Gasteiger partial charge in [0, 0.05) is 11.8 Å². The quantitative estimate of drug-likeness (QED) is 0.809. The molecular weight excluding hydrogens is 188 g/mol. The van der Waals surface area contributed by atoms with E-state index in [2.05, 4.69) is 31.1 Å². The minimum Gasteiger partial charge on any atom is -0.445 e. The molecular formula is C12H20N2O. The van der Waals surface area contributed by atoms with Crippen molar-refractivity contribution in [1.29, 1.82) is 0 Å². The molecule has 1 aliphatic heterocycles. The lowest BCUT2D eigenvalue weighted by atomic mass is 9.94. The van der Waals surface area contributed by atoms with E-state index < -0.39 is 0 Å². The molecule has 0 aromatic carbocycles. The first kappa shape index (κ1) is 10.7. The summed E-state index contributed by atoms with van der Waals surface area (Å²) in [7, 11) is 0. The van der Waals surface area contributed by atoms with Crippen LogP contribution in [0.15, 0.2) is 10.6 Å². The zero-order chi connectivity index (χ0) is 10.9. The predicted molar refractivity (Wildman–Crippen MR) is 59.9 cm³/mol. The Labute approximate surface area is 91.3 Å². The van der Waals surface area contributed by atoms with E-state index in [4.69, 9.17) is 4.42 Å². The summed E-state index contributed by atoms with van der Waals surface area (Å²) in [6.45, 7) is 8.68. The summed E-state index contributed by atoms with van der Waals surface area (Å²) in [6, 6.07) is 0. The van der Waals surface area contributed by atoms with Gasteiger partial charge in [-0.05, 0) is 25.4 Å². The molecule has 0 aliphatic carbocycles. The third kappa shape index (κ3) is 2.59. The van der Waals surface area contributed by atoms with E-state index in [9.17, 15) is 0 Å². The molecule has 1 unspecified atom stereocenters. The standard InChI is InChI=1S/C12H20N2O/c1-12(2,3)10-8-14-11(15-10)6-9-4-5-13-7-9/h8-9,13H,4-7H2,1-3H3. The molecule has 3 nitrogen and oxygen atoms in total. The van der Waals surface area contributed by atoms with Gasteiger partial charge in [-0.25, -0.2) is 4.98 Å². The van der Waals surface area contributed by atoms with Gasteiger partial charge in [-0.3, -0.25) is 0 Å². The number of hydrogen-bond donors (Lipinski definition) is 1.